The van der Waals surface area contributed by atoms with E-state index < -0.39 is 5.97 Å². The first-order valence-corrected chi connectivity index (χ1v) is 7.71. The van der Waals surface area contributed by atoms with E-state index in [1.54, 1.807) is 12.4 Å². The van der Waals surface area contributed by atoms with Crippen molar-refractivity contribution in [2.24, 2.45) is 0 Å². The van der Waals surface area contributed by atoms with E-state index in [4.69, 9.17) is 4.74 Å². The number of aryl methyl sites for hydroxylation is 1. The van der Waals surface area contributed by atoms with Crippen LogP contribution in [-0.4, -0.2) is 23.5 Å². The van der Waals surface area contributed by atoms with Gasteiger partial charge in [0.25, 0.3) is 5.91 Å². The molecule has 1 amide bonds. The minimum atomic E-state index is -0.408. The molecule has 0 aliphatic rings. The molecule has 0 fully saturated rings. The normalized spacial score (nSPS) is 10.3. The van der Waals surface area contributed by atoms with E-state index in [-0.39, 0.29) is 5.91 Å². The van der Waals surface area contributed by atoms with Gasteiger partial charge in [0.2, 0.25) is 0 Å². The van der Waals surface area contributed by atoms with Crippen LogP contribution in [0.25, 0.3) is 0 Å². The highest BCUT2D eigenvalue weighted by Gasteiger charge is 2.22. The van der Waals surface area contributed by atoms with Gasteiger partial charge in [-0.25, -0.2) is 4.79 Å². The van der Waals surface area contributed by atoms with E-state index in [1.807, 2.05) is 13.8 Å². The molecule has 0 bridgehead atoms. The molecule has 106 valence electrons. The molecule has 0 unspecified atom stereocenters. The zero-order valence-electron chi connectivity index (χ0n) is 11.4. The van der Waals surface area contributed by atoms with Crippen LogP contribution in [0.3, 0.4) is 0 Å². The molecule has 0 atom stereocenters. The average molecular weight is 310 g/mol. The molecule has 0 radical (unpaired) electrons. The Hall–Kier alpha value is -1.73. The molecule has 0 aliphatic carbocycles. The maximum absolute atomic E-state index is 12.0. The van der Waals surface area contributed by atoms with E-state index in [0.29, 0.717) is 22.0 Å². The number of rotatable bonds is 4. The number of thiophene rings is 1. The van der Waals surface area contributed by atoms with Gasteiger partial charge in [-0.2, -0.15) is 0 Å². The molecule has 0 spiro atoms. The zero-order chi connectivity index (χ0) is 14.7. The number of hydrogen-bond acceptors (Lipinski definition) is 6. The maximum Gasteiger partial charge on any atom is 0.341 e. The number of anilines is 1. The molecule has 0 aliphatic heterocycles. The highest BCUT2D eigenvalue weighted by atomic mass is 32.1. The first-order chi connectivity index (χ1) is 9.54. The second-order valence-corrected chi connectivity index (χ2v) is 6.14. The number of carbonyl (C=O) groups excluding carboxylic acids is 2. The quantitative estimate of drug-likeness (QED) is 0.880. The Bertz CT molecular complexity index is 632. The van der Waals surface area contributed by atoms with Gasteiger partial charge in [-0.05, 0) is 26.3 Å². The molecule has 7 heteroatoms. The number of nitrogens with zero attached hydrogens (tertiary/aromatic N) is 1. The van der Waals surface area contributed by atoms with Crippen LogP contribution in [0.4, 0.5) is 5.00 Å². The number of carbonyl (C=O) groups is 2. The highest BCUT2D eigenvalue weighted by Crippen LogP contribution is 2.33. The van der Waals surface area contributed by atoms with Crippen LogP contribution >= 0.6 is 22.7 Å². The van der Waals surface area contributed by atoms with Gasteiger partial charge in [-0.15, -0.1) is 22.7 Å². The van der Waals surface area contributed by atoms with Gasteiger partial charge in [0, 0.05) is 4.88 Å². The van der Waals surface area contributed by atoms with Crippen LogP contribution in [0.2, 0.25) is 0 Å². The monoisotopic (exact) mass is 310 g/mol. The van der Waals surface area contributed by atoms with Crippen molar-refractivity contribution in [3.63, 3.8) is 0 Å². The van der Waals surface area contributed by atoms with Crippen LogP contribution in [-0.2, 0) is 4.74 Å². The maximum atomic E-state index is 12.0. The lowest BCUT2D eigenvalue weighted by molar-refractivity contribution is 0.0527. The van der Waals surface area contributed by atoms with E-state index >= 15 is 0 Å². The van der Waals surface area contributed by atoms with Crippen molar-refractivity contribution in [3.05, 3.63) is 32.6 Å². The summed E-state index contributed by atoms with van der Waals surface area (Å²) in [5, 5.41) is 3.29. The van der Waals surface area contributed by atoms with Crippen LogP contribution < -0.4 is 5.32 Å². The topological polar surface area (TPSA) is 68.3 Å². The summed E-state index contributed by atoms with van der Waals surface area (Å²) < 4.78 is 5.04. The summed E-state index contributed by atoms with van der Waals surface area (Å²) in [7, 11) is 0. The Morgan fingerprint density at radius 3 is 2.75 bits per heavy atom. The Labute approximate surface area is 124 Å². The molecule has 2 rings (SSSR count). The SMILES string of the molecule is CCOC(=O)c1c(NC(=O)c2cncs2)sc(C)c1C. The minimum absolute atomic E-state index is 0.265. The number of thiazole rings is 1. The van der Waals surface area contributed by atoms with E-state index in [2.05, 4.69) is 10.3 Å². The lowest BCUT2D eigenvalue weighted by Crippen LogP contribution is -2.13. The molecule has 2 aromatic heterocycles. The summed E-state index contributed by atoms with van der Waals surface area (Å²) in [6.45, 7) is 5.81. The van der Waals surface area contributed by atoms with Crippen molar-refractivity contribution in [1.82, 2.24) is 4.98 Å². The molecule has 20 heavy (non-hydrogen) atoms. The molecular formula is C13H14N2O3S2. The zero-order valence-corrected chi connectivity index (χ0v) is 13.0. The molecule has 1 N–H and O–H groups in total. The standard InChI is InChI=1S/C13H14N2O3S2/c1-4-18-13(17)10-7(2)8(3)20-12(10)15-11(16)9-5-14-6-19-9/h5-6H,4H2,1-3H3,(H,15,16). The number of hydrogen-bond donors (Lipinski definition) is 1. The van der Waals surface area contributed by atoms with Crippen LogP contribution in [0.1, 0.15) is 37.4 Å². The van der Waals surface area contributed by atoms with E-state index in [9.17, 15) is 9.59 Å². The van der Waals surface area contributed by atoms with Crippen molar-refractivity contribution in [2.75, 3.05) is 11.9 Å². The number of esters is 1. The smallest absolute Gasteiger partial charge is 0.341 e. The summed E-state index contributed by atoms with van der Waals surface area (Å²) in [6, 6.07) is 0. The van der Waals surface area contributed by atoms with Gasteiger partial charge in [0.05, 0.1) is 23.9 Å². The van der Waals surface area contributed by atoms with Crippen molar-refractivity contribution in [1.29, 1.82) is 0 Å². The van der Waals surface area contributed by atoms with Crippen molar-refractivity contribution in [2.45, 2.75) is 20.8 Å². The first-order valence-electron chi connectivity index (χ1n) is 6.01. The fourth-order valence-corrected chi connectivity index (χ4v) is 3.22. The third kappa shape index (κ3) is 2.88. The van der Waals surface area contributed by atoms with Crippen molar-refractivity contribution < 1.29 is 14.3 Å². The Morgan fingerprint density at radius 2 is 2.15 bits per heavy atom. The summed E-state index contributed by atoms with van der Waals surface area (Å²) in [4.78, 5) is 29.4. The number of nitrogens with one attached hydrogen (secondary N) is 1. The molecule has 2 aromatic rings. The Kier molecular flexibility index (Phi) is 4.51. The van der Waals surface area contributed by atoms with E-state index in [0.717, 1.165) is 10.4 Å². The van der Waals surface area contributed by atoms with Crippen LogP contribution in [0, 0.1) is 13.8 Å². The van der Waals surface area contributed by atoms with E-state index in [1.165, 1.54) is 28.9 Å². The summed E-state index contributed by atoms with van der Waals surface area (Å²) in [6.07, 6.45) is 1.50. The third-order valence-corrected chi connectivity index (χ3v) is 4.64. The van der Waals surface area contributed by atoms with Gasteiger partial charge in [-0.1, -0.05) is 0 Å². The average Bonchev–Trinajstić information content (AvgIpc) is 3.00. The summed E-state index contributed by atoms with van der Waals surface area (Å²) >= 11 is 2.62. The van der Waals surface area contributed by atoms with Gasteiger partial charge in [0.15, 0.2) is 0 Å². The minimum Gasteiger partial charge on any atom is -0.462 e. The molecule has 0 saturated carbocycles. The molecule has 2 heterocycles. The predicted octanol–water partition coefficient (Wildman–Crippen LogP) is 3.25. The second-order valence-electron chi connectivity index (χ2n) is 4.03. The predicted molar refractivity (Wildman–Crippen MR) is 79.8 cm³/mol. The van der Waals surface area contributed by atoms with Gasteiger partial charge >= 0.3 is 5.97 Å². The van der Waals surface area contributed by atoms with Crippen LogP contribution in [0.15, 0.2) is 11.7 Å². The van der Waals surface area contributed by atoms with Crippen LogP contribution in [0.5, 0.6) is 0 Å². The fraction of sp³-hybridized carbons (Fsp3) is 0.308. The second kappa shape index (κ2) is 6.15. The van der Waals surface area contributed by atoms with Gasteiger partial charge < -0.3 is 10.1 Å². The lowest BCUT2D eigenvalue weighted by Gasteiger charge is -2.06. The molecule has 0 aromatic carbocycles. The number of aromatic nitrogens is 1. The summed E-state index contributed by atoms with van der Waals surface area (Å²) in [5.74, 6) is -0.673. The molecular weight excluding hydrogens is 296 g/mol. The fourth-order valence-electron chi connectivity index (χ4n) is 1.66. The molecule has 0 saturated heterocycles. The largest absolute Gasteiger partial charge is 0.462 e. The number of amides is 1. The van der Waals surface area contributed by atoms with Crippen molar-refractivity contribution >= 4 is 39.6 Å². The number of ether oxygens (including phenoxy) is 1. The van der Waals surface area contributed by atoms with Crippen molar-refractivity contribution in [3.8, 4) is 0 Å². The third-order valence-electron chi connectivity index (χ3n) is 2.75. The first kappa shape index (κ1) is 14.7. The highest BCUT2D eigenvalue weighted by molar-refractivity contribution is 7.17. The van der Waals surface area contributed by atoms with Gasteiger partial charge in [-0.3, -0.25) is 9.78 Å². The summed E-state index contributed by atoms with van der Waals surface area (Å²) in [5.41, 5.74) is 2.87. The molecule has 5 nitrogen and oxygen atoms in total. The Morgan fingerprint density at radius 1 is 1.40 bits per heavy atom. The Balaban J connectivity index is 2.30. The lowest BCUT2D eigenvalue weighted by atomic mass is 10.1. The van der Waals surface area contributed by atoms with Gasteiger partial charge in [0.1, 0.15) is 9.88 Å².